The average molecular weight is 244 g/mol. The van der Waals surface area contributed by atoms with Gasteiger partial charge >= 0.3 is 5.97 Å². The van der Waals surface area contributed by atoms with Gasteiger partial charge in [0.05, 0.1) is 12.6 Å². The maximum absolute atomic E-state index is 11.6. The van der Waals surface area contributed by atoms with Gasteiger partial charge in [0.15, 0.2) is 0 Å². The number of aliphatic hydroxyl groups excluding tert-OH is 1. The van der Waals surface area contributed by atoms with Gasteiger partial charge in [0.25, 0.3) is 0 Å². The summed E-state index contributed by atoms with van der Waals surface area (Å²) in [6, 6.07) is -0.755. The van der Waals surface area contributed by atoms with E-state index in [1.54, 1.807) is 0 Å². The average Bonchev–Trinajstić information content (AvgIpc) is 2.56. The molecule has 0 bridgehead atoms. The van der Waals surface area contributed by atoms with E-state index in [1.165, 1.54) is 4.90 Å². The van der Waals surface area contributed by atoms with Gasteiger partial charge in [0.1, 0.15) is 6.04 Å². The van der Waals surface area contributed by atoms with Gasteiger partial charge in [-0.3, -0.25) is 14.5 Å². The molecule has 1 rings (SSSR count). The molecule has 1 aliphatic rings. The topological polar surface area (TPSA) is 89.9 Å². The third kappa shape index (κ3) is 4.32. The lowest BCUT2D eigenvalue weighted by atomic mass is 10.2. The Morgan fingerprint density at radius 2 is 2.12 bits per heavy atom. The fraction of sp³-hybridized carbons (Fsp3) is 0.818. The van der Waals surface area contributed by atoms with Gasteiger partial charge in [-0.05, 0) is 5.92 Å². The summed E-state index contributed by atoms with van der Waals surface area (Å²) >= 11 is 0. The monoisotopic (exact) mass is 244 g/mol. The van der Waals surface area contributed by atoms with E-state index >= 15 is 0 Å². The van der Waals surface area contributed by atoms with E-state index in [2.05, 4.69) is 5.32 Å². The van der Waals surface area contributed by atoms with Crippen LogP contribution < -0.4 is 5.32 Å². The zero-order chi connectivity index (χ0) is 13.0. The van der Waals surface area contributed by atoms with E-state index < -0.39 is 18.1 Å². The van der Waals surface area contributed by atoms with Crippen LogP contribution in [-0.4, -0.2) is 58.8 Å². The number of carbonyl (C=O) groups excluding carboxylic acids is 1. The second-order valence-electron chi connectivity index (χ2n) is 4.87. The van der Waals surface area contributed by atoms with E-state index in [0.717, 1.165) is 0 Å². The Morgan fingerprint density at radius 3 is 2.65 bits per heavy atom. The first kappa shape index (κ1) is 13.9. The highest BCUT2D eigenvalue weighted by molar-refractivity contribution is 5.80. The van der Waals surface area contributed by atoms with Crippen molar-refractivity contribution in [1.82, 2.24) is 10.2 Å². The summed E-state index contributed by atoms with van der Waals surface area (Å²) in [5.74, 6) is -0.823. The van der Waals surface area contributed by atoms with Gasteiger partial charge in [-0.1, -0.05) is 13.8 Å². The molecule has 1 aliphatic heterocycles. The van der Waals surface area contributed by atoms with Crippen LogP contribution in [0.1, 0.15) is 20.3 Å². The number of likely N-dealkylation sites (tertiary alicyclic amines) is 1. The van der Waals surface area contributed by atoms with Crippen molar-refractivity contribution in [1.29, 1.82) is 0 Å². The highest BCUT2D eigenvalue weighted by Gasteiger charge is 2.36. The molecular weight excluding hydrogens is 224 g/mol. The van der Waals surface area contributed by atoms with E-state index in [-0.39, 0.29) is 25.4 Å². The number of aliphatic hydroxyl groups is 1. The van der Waals surface area contributed by atoms with Gasteiger partial charge in [0.2, 0.25) is 5.91 Å². The molecule has 0 radical (unpaired) electrons. The molecule has 1 amide bonds. The van der Waals surface area contributed by atoms with Crippen LogP contribution in [-0.2, 0) is 9.59 Å². The van der Waals surface area contributed by atoms with E-state index in [0.29, 0.717) is 12.5 Å². The van der Waals surface area contributed by atoms with Crippen LogP contribution >= 0.6 is 0 Å². The summed E-state index contributed by atoms with van der Waals surface area (Å²) in [4.78, 5) is 24.0. The molecule has 3 N–H and O–H groups in total. The van der Waals surface area contributed by atoms with Crippen LogP contribution in [0.15, 0.2) is 0 Å². The molecule has 1 saturated heterocycles. The number of carboxylic acids is 1. The third-order valence-electron chi connectivity index (χ3n) is 2.72. The number of hydrogen-bond acceptors (Lipinski definition) is 4. The van der Waals surface area contributed by atoms with Gasteiger partial charge in [-0.2, -0.15) is 0 Å². The molecule has 1 fully saturated rings. The smallest absolute Gasteiger partial charge is 0.321 e. The normalized spacial score (nSPS) is 25.2. The molecule has 17 heavy (non-hydrogen) atoms. The molecule has 2 atom stereocenters. The van der Waals surface area contributed by atoms with Crippen LogP contribution in [0.2, 0.25) is 0 Å². The van der Waals surface area contributed by atoms with Gasteiger partial charge in [-0.15, -0.1) is 0 Å². The van der Waals surface area contributed by atoms with Crippen molar-refractivity contribution in [3.63, 3.8) is 0 Å². The lowest BCUT2D eigenvalue weighted by Crippen LogP contribution is -2.43. The minimum atomic E-state index is -0.988. The van der Waals surface area contributed by atoms with Crippen molar-refractivity contribution >= 4 is 11.9 Å². The summed E-state index contributed by atoms with van der Waals surface area (Å²) in [6.45, 7) is 4.82. The predicted molar refractivity (Wildman–Crippen MR) is 61.5 cm³/mol. The van der Waals surface area contributed by atoms with Gasteiger partial charge < -0.3 is 15.5 Å². The maximum atomic E-state index is 11.6. The third-order valence-corrected chi connectivity index (χ3v) is 2.72. The van der Waals surface area contributed by atoms with Crippen LogP contribution in [0.3, 0.4) is 0 Å². The predicted octanol–water partition coefficient (Wildman–Crippen LogP) is -0.722. The molecule has 0 aliphatic carbocycles. The lowest BCUT2D eigenvalue weighted by Gasteiger charge is -2.20. The van der Waals surface area contributed by atoms with Gasteiger partial charge in [0, 0.05) is 19.5 Å². The summed E-state index contributed by atoms with van der Waals surface area (Å²) in [5.41, 5.74) is 0. The number of nitrogens with one attached hydrogen (secondary N) is 1. The molecule has 0 saturated carbocycles. The van der Waals surface area contributed by atoms with E-state index in [9.17, 15) is 14.7 Å². The molecule has 2 unspecified atom stereocenters. The summed E-state index contributed by atoms with van der Waals surface area (Å²) in [6.07, 6.45) is -0.471. The maximum Gasteiger partial charge on any atom is 0.321 e. The fourth-order valence-electron chi connectivity index (χ4n) is 1.87. The Hall–Kier alpha value is -1.14. The second-order valence-corrected chi connectivity index (χ2v) is 4.87. The standard InChI is InChI=1S/C11H20N2O4/c1-7(2)4-12-10(15)6-13-5-8(14)3-9(13)11(16)17/h7-9,14H,3-6H2,1-2H3,(H,12,15)(H,16,17). The number of carboxylic acid groups (broad SMARTS) is 1. The Labute approximate surface area is 101 Å². The lowest BCUT2D eigenvalue weighted by molar-refractivity contribution is -0.142. The molecule has 0 aromatic rings. The highest BCUT2D eigenvalue weighted by Crippen LogP contribution is 2.17. The summed E-state index contributed by atoms with van der Waals surface area (Å²) < 4.78 is 0. The molecule has 0 spiro atoms. The number of carbonyl (C=O) groups is 2. The molecule has 0 aromatic carbocycles. The zero-order valence-corrected chi connectivity index (χ0v) is 10.2. The number of nitrogens with zero attached hydrogens (tertiary/aromatic N) is 1. The van der Waals surface area contributed by atoms with Crippen molar-refractivity contribution in [2.75, 3.05) is 19.6 Å². The zero-order valence-electron chi connectivity index (χ0n) is 10.2. The molecule has 1 heterocycles. The van der Waals surface area contributed by atoms with Crippen molar-refractivity contribution in [2.45, 2.75) is 32.4 Å². The van der Waals surface area contributed by atoms with Crippen molar-refractivity contribution in [2.24, 2.45) is 5.92 Å². The van der Waals surface area contributed by atoms with Crippen LogP contribution in [0.4, 0.5) is 0 Å². The highest BCUT2D eigenvalue weighted by atomic mass is 16.4. The first-order valence-corrected chi connectivity index (χ1v) is 5.81. The van der Waals surface area contributed by atoms with Crippen LogP contribution in [0.5, 0.6) is 0 Å². The van der Waals surface area contributed by atoms with Crippen molar-refractivity contribution < 1.29 is 19.8 Å². The van der Waals surface area contributed by atoms with Gasteiger partial charge in [-0.25, -0.2) is 0 Å². The van der Waals surface area contributed by atoms with Crippen molar-refractivity contribution in [3.05, 3.63) is 0 Å². The van der Waals surface area contributed by atoms with E-state index in [1.807, 2.05) is 13.8 Å². The second kappa shape index (κ2) is 5.97. The number of aliphatic carboxylic acids is 1. The van der Waals surface area contributed by atoms with Crippen LogP contribution in [0, 0.1) is 5.92 Å². The minimum Gasteiger partial charge on any atom is -0.480 e. The number of β-amino-alcohol motifs (C(OH)–C–C–N with tert-alkyl or cyclic N) is 1. The fourth-order valence-corrected chi connectivity index (χ4v) is 1.87. The molecule has 6 heteroatoms. The number of rotatable bonds is 5. The van der Waals surface area contributed by atoms with Crippen molar-refractivity contribution in [3.8, 4) is 0 Å². The molecule has 0 aromatic heterocycles. The molecule has 98 valence electrons. The Bertz CT molecular complexity index is 293. The first-order valence-electron chi connectivity index (χ1n) is 5.81. The largest absolute Gasteiger partial charge is 0.480 e. The van der Waals surface area contributed by atoms with E-state index in [4.69, 9.17) is 5.11 Å². The van der Waals surface area contributed by atoms with Crippen LogP contribution in [0.25, 0.3) is 0 Å². The Morgan fingerprint density at radius 1 is 1.47 bits per heavy atom. The quantitative estimate of drug-likeness (QED) is 0.594. The first-order chi connectivity index (χ1) is 7.90. The SMILES string of the molecule is CC(C)CNC(=O)CN1CC(O)CC1C(=O)O. The molecule has 6 nitrogen and oxygen atoms in total. The minimum absolute atomic E-state index is 0.0285. The summed E-state index contributed by atoms with van der Waals surface area (Å²) in [5, 5.41) is 21.1. The Kier molecular flexibility index (Phi) is 4.89. The Balaban J connectivity index is 2.44. The molecular formula is C11H20N2O4. The summed E-state index contributed by atoms with van der Waals surface area (Å²) in [7, 11) is 0. The number of amides is 1. The number of hydrogen-bond donors (Lipinski definition) is 3.